The number of nitrogens with two attached hydrogens (primary N) is 1. The van der Waals surface area contributed by atoms with Crippen molar-refractivity contribution in [2.75, 3.05) is 18.8 Å². The molecule has 1 heterocycles. The summed E-state index contributed by atoms with van der Waals surface area (Å²) in [5.74, 6) is -1.22. The number of nitrogen functional groups attached to an aromatic ring is 1. The summed E-state index contributed by atoms with van der Waals surface area (Å²) < 4.78 is 25.5. The fraction of sp³-hybridized carbons (Fsp3) is 0.364. The lowest BCUT2D eigenvalue weighted by molar-refractivity contribution is 0.0572. The van der Waals surface area contributed by atoms with Crippen LogP contribution in [0.5, 0.6) is 0 Å². The Balaban J connectivity index is 2.38. The normalized spacial score (nSPS) is 23.9. The highest BCUT2D eigenvalue weighted by molar-refractivity contribution is 7.89. The van der Waals surface area contributed by atoms with Crippen LogP contribution in [0.2, 0.25) is 0 Å². The van der Waals surface area contributed by atoms with E-state index < -0.39 is 28.2 Å². The predicted molar refractivity (Wildman–Crippen MR) is 68.6 cm³/mol. The van der Waals surface area contributed by atoms with E-state index in [0.29, 0.717) is 0 Å². The van der Waals surface area contributed by atoms with E-state index in [-0.39, 0.29) is 29.2 Å². The largest absolute Gasteiger partial charge is 0.478 e. The maximum atomic E-state index is 12.3. The SMILES string of the molecule is Nc1cc(C(=O)O)ccc1S(=O)(=O)N1CC(O)C(O)C1. The minimum atomic E-state index is -3.98. The maximum Gasteiger partial charge on any atom is 0.335 e. The lowest BCUT2D eigenvalue weighted by Gasteiger charge is -2.17. The van der Waals surface area contributed by atoms with Crippen molar-refractivity contribution < 1.29 is 28.5 Å². The smallest absolute Gasteiger partial charge is 0.335 e. The first-order valence-corrected chi connectivity index (χ1v) is 7.16. The molecule has 2 atom stereocenters. The van der Waals surface area contributed by atoms with Crippen LogP contribution in [0.4, 0.5) is 5.69 Å². The first-order valence-electron chi connectivity index (χ1n) is 5.72. The molecule has 0 radical (unpaired) electrons. The van der Waals surface area contributed by atoms with E-state index in [4.69, 9.17) is 10.8 Å². The number of aliphatic hydroxyl groups excluding tert-OH is 2. The Morgan fingerprint density at radius 2 is 1.80 bits per heavy atom. The Morgan fingerprint density at radius 1 is 1.25 bits per heavy atom. The number of carboxylic acid groups (broad SMARTS) is 1. The number of benzene rings is 1. The van der Waals surface area contributed by atoms with Gasteiger partial charge in [0, 0.05) is 13.1 Å². The number of anilines is 1. The summed E-state index contributed by atoms with van der Waals surface area (Å²) in [5, 5.41) is 27.6. The van der Waals surface area contributed by atoms with Crippen LogP contribution in [0.3, 0.4) is 0 Å². The zero-order chi connectivity index (χ0) is 15.1. The van der Waals surface area contributed by atoms with Gasteiger partial charge in [-0.3, -0.25) is 0 Å². The van der Waals surface area contributed by atoms with Crippen molar-refractivity contribution >= 4 is 21.7 Å². The molecule has 8 nitrogen and oxygen atoms in total. The second-order valence-corrected chi connectivity index (χ2v) is 6.42. The number of aliphatic hydroxyl groups is 2. The Hall–Kier alpha value is -1.68. The Morgan fingerprint density at radius 3 is 2.25 bits per heavy atom. The molecule has 9 heteroatoms. The first-order chi connectivity index (χ1) is 9.23. The van der Waals surface area contributed by atoms with E-state index in [2.05, 4.69) is 0 Å². The summed E-state index contributed by atoms with van der Waals surface area (Å²) >= 11 is 0. The summed E-state index contributed by atoms with van der Waals surface area (Å²) in [5.41, 5.74) is 5.27. The van der Waals surface area contributed by atoms with E-state index in [1.807, 2.05) is 0 Å². The van der Waals surface area contributed by atoms with Crippen molar-refractivity contribution in [1.82, 2.24) is 4.31 Å². The van der Waals surface area contributed by atoms with Gasteiger partial charge >= 0.3 is 5.97 Å². The van der Waals surface area contributed by atoms with Gasteiger partial charge in [-0.15, -0.1) is 0 Å². The lowest BCUT2D eigenvalue weighted by atomic mass is 10.2. The summed E-state index contributed by atoms with van der Waals surface area (Å²) in [6.45, 7) is -0.465. The molecule has 0 aliphatic carbocycles. The van der Waals surface area contributed by atoms with E-state index in [1.165, 1.54) is 0 Å². The molecule has 2 unspecified atom stereocenters. The molecule has 2 rings (SSSR count). The van der Waals surface area contributed by atoms with Gasteiger partial charge in [-0.05, 0) is 18.2 Å². The summed E-state index contributed by atoms with van der Waals surface area (Å²) in [4.78, 5) is 10.5. The maximum absolute atomic E-state index is 12.3. The fourth-order valence-corrected chi connectivity index (χ4v) is 3.56. The van der Waals surface area contributed by atoms with E-state index in [1.54, 1.807) is 0 Å². The number of hydrogen-bond acceptors (Lipinski definition) is 6. The third-order valence-corrected chi connectivity index (χ3v) is 5.01. The molecule has 110 valence electrons. The average molecular weight is 302 g/mol. The number of rotatable bonds is 3. The number of aromatic carboxylic acids is 1. The van der Waals surface area contributed by atoms with Gasteiger partial charge in [-0.25, -0.2) is 13.2 Å². The van der Waals surface area contributed by atoms with Crippen LogP contribution in [0, 0.1) is 0 Å². The highest BCUT2D eigenvalue weighted by Crippen LogP contribution is 2.26. The van der Waals surface area contributed by atoms with Crippen molar-refractivity contribution in [1.29, 1.82) is 0 Å². The third-order valence-electron chi connectivity index (χ3n) is 3.10. The summed E-state index contributed by atoms with van der Waals surface area (Å²) in [6, 6.07) is 3.29. The van der Waals surface area contributed by atoms with Crippen molar-refractivity contribution in [3.63, 3.8) is 0 Å². The molecular formula is C11H14N2O6S. The van der Waals surface area contributed by atoms with Gasteiger partial charge in [-0.1, -0.05) is 0 Å². The van der Waals surface area contributed by atoms with Crippen molar-refractivity contribution in [3.8, 4) is 0 Å². The molecular weight excluding hydrogens is 288 g/mol. The monoisotopic (exact) mass is 302 g/mol. The van der Waals surface area contributed by atoms with Gasteiger partial charge in [0.05, 0.1) is 23.5 Å². The standard InChI is InChI=1S/C11H14N2O6S/c12-7-3-6(11(16)17)1-2-10(7)20(18,19)13-4-8(14)9(15)5-13/h1-3,8-9,14-15H,4-5,12H2,(H,16,17). The van der Waals surface area contributed by atoms with Crippen molar-refractivity contribution in [3.05, 3.63) is 23.8 Å². The molecule has 1 aliphatic heterocycles. The van der Waals surface area contributed by atoms with Crippen molar-refractivity contribution in [2.24, 2.45) is 0 Å². The Kier molecular flexibility index (Phi) is 3.69. The number of sulfonamides is 1. The Bertz CT molecular complexity index is 634. The van der Waals surface area contributed by atoms with Crippen LogP contribution in [0.15, 0.2) is 23.1 Å². The van der Waals surface area contributed by atoms with E-state index in [9.17, 15) is 23.4 Å². The minimum absolute atomic E-state index is 0.122. The fourth-order valence-electron chi connectivity index (χ4n) is 1.99. The third kappa shape index (κ3) is 2.48. The zero-order valence-electron chi connectivity index (χ0n) is 10.3. The number of carboxylic acids is 1. The summed E-state index contributed by atoms with van der Waals surface area (Å²) in [6.07, 6.45) is -2.30. The van der Waals surface area contributed by atoms with Crippen LogP contribution in [0.25, 0.3) is 0 Å². The summed E-state index contributed by atoms with van der Waals surface area (Å²) in [7, 11) is -3.98. The minimum Gasteiger partial charge on any atom is -0.478 e. The molecule has 20 heavy (non-hydrogen) atoms. The zero-order valence-corrected chi connectivity index (χ0v) is 11.1. The molecule has 0 spiro atoms. The second-order valence-electron chi connectivity index (χ2n) is 4.51. The average Bonchev–Trinajstić information content (AvgIpc) is 2.69. The van der Waals surface area contributed by atoms with Crippen LogP contribution in [-0.4, -0.2) is 59.3 Å². The number of carbonyl (C=O) groups is 1. The van der Waals surface area contributed by atoms with Crippen LogP contribution in [-0.2, 0) is 10.0 Å². The first kappa shape index (κ1) is 14.7. The molecule has 1 saturated heterocycles. The van der Waals surface area contributed by atoms with E-state index >= 15 is 0 Å². The van der Waals surface area contributed by atoms with Crippen LogP contribution in [0.1, 0.15) is 10.4 Å². The number of β-amino-alcohol motifs (C(OH)–C–C–N with tert-alkyl or cyclic N) is 2. The van der Waals surface area contributed by atoms with Crippen LogP contribution >= 0.6 is 0 Å². The number of nitrogens with zero attached hydrogens (tertiary/aromatic N) is 1. The molecule has 0 bridgehead atoms. The van der Waals surface area contributed by atoms with Gasteiger partial charge in [0.25, 0.3) is 0 Å². The van der Waals surface area contributed by atoms with Gasteiger partial charge in [0.2, 0.25) is 10.0 Å². The predicted octanol–water partition coefficient (Wildman–Crippen LogP) is -1.31. The molecule has 0 aromatic heterocycles. The molecule has 1 aromatic rings. The topological polar surface area (TPSA) is 141 Å². The highest BCUT2D eigenvalue weighted by Gasteiger charge is 2.38. The van der Waals surface area contributed by atoms with Gasteiger partial charge in [-0.2, -0.15) is 4.31 Å². The lowest BCUT2D eigenvalue weighted by Crippen LogP contribution is -2.30. The van der Waals surface area contributed by atoms with Gasteiger partial charge in [0.15, 0.2) is 0 Å². The molecule has 0 saturated carbocycles. The molecule has 0 amide bonds. The Labute approximate surface area is 115 Å². The van der Waals surface area contributed by atoms with Crippen molar-refractivity contribution in [2.45, 2.75) is 17.1 Å². The van der Waals surface area contributed by atoms with Gasteiger partial charge < -0.3 is 21.1 Å². The van der Waals surface area contributed by atoms with Crippen LogP contribution < -0.4 is 5.73 Å². The molecule has 1 aliphatic rings. The second kappa shape index (κ2) is 5.02. The molecule has 5 N–H and O–H groups in total. The van der Waals surface area contributed by atoms with Gasteiger partial charge in [0.1, 0.15) is 4.90 Å². The van der Waals surface area contributed by atoms with E-state index in [0.717, 1.165) is 22.5 Å². The molecule has 1 aromatic carbocycles. The number of hydrogen-bond donors (Lipinski definition) is 4. The molecule has 1 fully saturated rings. The highest BCUT2D eigenvalue weighted by atomic mass is 32.2. The quantitative estimate of drug-likeness (QED) is 0.508.